The first-order valence-corrected chi connectivity index (χ1v) is 10.8. The lowest BCUT2D eigenvalue weighted by Gasteiger charge is -2.25. The van der Waals surface area contributed by atoms with Crippen LogP contribution in [0.1, 0.15) is 35.5 Å². The fourth-order valence-electron chi connectivity index (χ4n) is 4.53. The number of aliphatic hydroxyl groups excluding tert-OH is 1. The topological polar surface area (TPSA) is 75.7 Å². The molecule has 6 nitrogen and oxygen atoms in total. The Morgan fingerprint density at radius 3 is 2.75 bits per heavy atom. The lowest BCUT2D eigenvalue weighted by Crippen LogP contribution is -2.31. The van der Waals surface area contributed by atoms with Crippen molar-refractivity contribution in [1.29, 1.82) is 0 Å². The molecule has 2 aromatic heterocycles. The number of benzene rings is 2. The SMILES string of the molecule is CCCN1C(=O)C(O)=C(C(=O)c2cc3cc(Cl)ccc3o2)C1c1cn(C)c2ccccc12. The number of aryl methyl sites for hydroxylation is 1. The van der Waals surface area contributed by atoms with Gasteiger partial charge in [-0.2, -0.15) is 0 Å². The highest BCUT2D eigenvalue weighted by Gasteiger charge is 2.45. The number of carbonyl (C=O) groups excluding carboxylic acids is 2. The van der Waals surface area contributed by atoms with Crippen molar-refractivity contribution in [3.05, 3.63) is 82.4 Å². The number of amides is 1. The van der Waals surface area contributed by atoms with Crippen LogP contribution in [0.4, 0.5) is 0 Å². The van der Waals surface area contributed by atoms with E-state index >= 15 is 0 Å². The molecule has 2 aromatic carbocycles. The summed E-state index contributed by atoms with van der Waals surface area (Å²) in [5.74, 6) is -1.54. The smallest absolute Gasteiger partial charge is 0.290 e. The van der Waals surface area contributed by atoms with Crippen molar-refractivity contribution in [1.82, 2.24) is 9.47 Å². The number of Topliss-reactive ketones (excluding diaryl/α,β-unsaturated/α-hetero) is 1. The van der Waals surface area contributed by atoms with E-state index in [2.05, 4.69) is 0 Å². The van der Waals surface area contributed by atoms with Crippen LogP contribution in [0.5, 0.6) is 0 Å². The van der Waals surface area contributed by atoms with Gasteiger partial charge in [-0.3, -0.25) is 9.59 Å². The van der Waals surface area contributed by atoms with Gasteiger partial charge in [0.1, 0.15) is 5.58 Å². The van der Waals surface area contributed by atoms with E-state index < -0.39 is 23.5 Å². The number of carbonyl (C=O) groups is 2. The van der Waals surface area contributed by atoms with Crippen molar-refractivity contribution >= 4 is 45.2 Å². The van der Waals surface area contributed by atoms with Crippen LogP contribution in [0.2, 0.25) is 5.02 Å². The highest BCUT2D eigenvalue weighted by Crippen LogP contribution is 2.42. The molecule has 32 heavy (non-hydrogen) atoms. The first-order valence-electron chi connectivity index (χ1n) is 10.4. The van der Waals surface area contributed by atoms with Gasteiger partial charge in [-0.25, -0.2) is 0 Å². The summed E-state index contributed by atoms with van der Waals surface area (Å²) >= 11 is 6.06. The van der Waals surface area contributed by atoms with Crippen molar-refractivity contribution in [2.75, 3.05) is 6.54 Å². The Hall–Kier alpha value is -3.51. The highest BCUT2D eigenvalue weighted by molar-refractivity contribution is 6.31. The van der Waals surface area contributed by atoms with Crippen LogP contribution < -0.4 is 0 Å². The molecule has 4 aromatic rings. The third-order valence-electron chi connectivity index (χ3n) is 5.94. The molecule has 3 heterocycles. The Bertz CT molecular complexity index is 1430. The summed E-state index contributed by atoms with van der Waals surface area (Å²) in [4.78, 5) is 28.2. The summed E-state index contributed by atoms with van der Waals surface area (Å²) in [5.41, 5.74) is 2.30. The van der Waals surface area contributed by atoms with Crippen LogP contribution in [0.3, 0.4) is 0 Å². The molecule has 0 spiro atoms. The quantitative estimate of drug-likeness (QED) is 0.405. The first kappa shape index (κ1) is 20.4. The zero-order valence-electron chi connectivity index (χ0n) is 17.6. The average molecular weight is 449 g/mol. The number of furan rings is 1. The number of hydrogen-bond acceptors (Lipinski definition) is 4. The molecule has 1 amide bonds. The molecule has 1 atom stereocenters. The molecule has 0 saturated carbocycles. The van der Waals surface area contributed by atoms with E-state index in [4.69, 9.17) is 16.0 Å². The summed E-state index contributed by atoms with van der Waals surface area (Å²) < 4.78 is 7.72. The molecule has 5 rings (SSSR count). The predicted molar refractivity (Wildman–Crippen MR) is 123 cm³/mol. The summed E-state index contributed by atoms with van der Waals surface area (Å²) in [6.07, 6.45) is 2.60. The van der Waals surface area contributed by atoms with Crippen molar-refractivity contribution < 1.29 is 19.1 Å². The van der Waals surface area contributed by atoms with Gasteiger partial charge in [0.2, 0.25) is 5.78 Å². The van der Waals surface area contributed by atoms with E-state index in [1.165, 1.54) is 0 Å². The van der Waals surface area contributed by atoms with E-state index in [0.29, 0.717) is 29.0 Å². The van der Waals surface area contributed by atoms with E-state index in [-0.39, 0.29) is 11.3 Å². The van der Waals surface area contributed by atoms with Crippen LogP contribution in [-0.4, -0.2) is 32.8 Å². The number of nitrogens with zero attached hydrogens (tertiary/aromatic N) is 2. The van der Waals surface area contributed by atoms with Gasteiger partial charge in [-0.05, 0) is 36.8 Å². The molecule has 1 aliphatic rings. The number of para-hydroxylation sites is 1. The molecule has 0 saturated heterocycles. The number of halogens is 1. The third-order valence-corrected chi connectivity index (χ3v) is 6.17. The van der Waals surface area contributed by atoms with Gasteiger partial charge in [0.05, 0.1) is 11.6 Å². The highest BCUT2D eigenvalue weighted by atomic mass is 35.5. The van der Waals surface area contributed by atoms with Gasteiger partial charge in [-0.15, -0.1) is 0 Å². The van der Waals surface area contributed by atoms with Crippen molar-refractivity contribution in [2.24, 2.45) is 7.05 Å². The second kappa shape index (κ2) is 7.57. The molecule has 0 aliphatic carbocycles. The molecule has 1 unspecified atom stereocenters. The molecule has 0 radical (unpaired) electrons. The summed E-state index contributed by atoms with van der Waals surface area (Å²) in [7, 11) is 1.92. The largest absolute Gasteiger partial charge is 0.503 e. The molecular formula is C25H21ClN2O4. The minimum atomic E-state index is -0.710. The molecule has 0 bridgehead atoms. The minimum absolute atomic E-state index is 0.0324. The average Bonchev–Trinajstić information content (AvgIpc) is 3.42. The van der Waals surface area contributed by atoms with E-state index in [1.54, 1.807) is 29.2 Å². The second-order valence-electron chi connectivity index (χ2n) is 8.00. The second-order valence-corrected chi connectivity index (χ2v) is 8.43. The van der Waals surface area contributed by atoms with E-state index in [1.807, 2.05) is 49.0 Å². The van der Waals surface area contributed by atoms with Crippen molar-refractivity contribution in [3.8, 4) is 0 Å². The lowest BCUT2D eigenvalue weighted by molar-refractivity contribution is -0.129. The van der Waals surface area contributed by atoms with Crippen molar-refractivity contribution in [2.45, 2.75) is 19.4 Å². The van der Waals surface area contributed by atoms with Gasteiger partial charge in [-0.1, -0.05) is 36.7 Å². The number of ketones is 1. The normalized spacial score (nSPS) is 16.7. The molecule has 7 heteroatoms. The van der Waals surface area contributed by atoms with Crippen LogP contribution >= 0.6 is 11.6 Å². The molecule has 162 valence electrons. The Morgan fingerprint density at radius 2 is 1.97 bits per heavy atom. The van der Waals surface area contributed by atoms with Gasteiger partial charge < -0.3 is 19.0 Å². The molecule has 1 N–H and O–H groups in total. The van der Waals surface area contributed by atoms with Gasteiger partial charge >= 0.3 is 0 Å². The Balaban J connectivity index is 1.68. The fourth-order valence-corrected chi connectivity index (χ4v) is 4.71. The number of rotatable bonds is 5. The standard InChI is InChI=1S/C25H21ClN2O4/c1-3-10-28-22(17-13-27(2)18-7-5-4-6-16(17)18)21(24(30)25(28)31)23(29)20-12-14-11-15(26)8-9-19(14)32-20/h4-9,11-13,22,30H,3,10H2,1-2H3. The van der Waals surface area contributed by atoms with Crippen LogP contribution in [0, 0.1) is 0 Å². The predicted octanol–water partition coefficient (Wildman–Crippen LogP) is 5.57. The Labute approximate surface area is 189 Å². The maximum absolute atomic E-state index is 13.6. The summed E-state index contributed by atoms with van der Waals surface area (Å²) in [6.45, 7) is 2.36. The Morgan fingerprint density at radius 1 is 1.19 bits per heavy atom. The van der Waals surface area contributed by atoms with Crippen molar-refractivity contribution in [3.63, 3.8) is 0 Å². The number of fused-ring (bicyclic) bond motifs is 2. The number of aromatic nitrogens is 1. The minimum Gasteiger partial charge on any atom is -0.503 e. The number of aliphatic hydroxyl groups is 1. The van der Waals surface area contributed by atoms with Gasteiger partial charge in [0.15, 0.2) is 11.5 Å². The first-order chi connectivity index (χ1) is 15.4. The van der Waals surface area contributed by atoms with E-state index in [9.17, 15) is 14.7 Å². The van der Waals surface area contributed by atoms with Crippen LogP contribution in [0.15, 0.2) is 70.5 Å². The van der Waals surface area contributed by atoms with Crippen LogP contribution in [-0.2, 0) is 11.8 Å². The fraction of sp³-hybridized carbons (Fsp3) is 0.200. The van der Waals surface area contributed by atoms with Gasteiger partial charge in [0.25, 0.3) is 5.91 Å². The number of hydrogen-bond donors (Lipinski definition) is 1. The zero-order chi connectivity index (χ0) is 22.6. The lowest BCUT2D eigenvalue weighted by atomic mass is 9.94. The molecular weight excluding hydrogens is 428 g/mol. The van der Waals surface area contributed by atoms with Gasteiger partial charge in [0, 0.05) is 46.7 Å². The zero-order valence-corrected chi connectivity index (χ0v) is 18.4. The van der Waals surface area contributed by atoms with Crippen LogP contribution in [0.25, 0.3) is 21.9 Å². The van der Waals surface area contributed by atoms with E-state index in [0.717, 1.165) is 16.5 Å². The maximum Gasteiger partial charge on any atom is 0.290 e. The maximum atomic E-state index is 13.6. The summed E-state index contributed by atoms with van der Waals surface area (Å²) in [5, 5.41) is 12.9. The monoisotopic (exact) mass is 448 g/mol. The Kier molecular flexibility index (Phi) is 4.82. The molecule has 0 fully saturated rings. The third kappa shape index (κ3) is 3.02. The molecule has 1 aliphatic heterocycles. The summed E-state index contributed by atoms with van der Waals surface area (Å²) in [6, 6.07) is 13.8.